The molecule has 36 heavy (non-hydrogen) atoms. The van der Waals surface area contributed by atoms with Gasteiger partial charge in [-0.2, -0.15) is 18.3 Å². The molecule has 0 bridgehead atoms. The summed E-state index contributed by atoms with van der Waals surface area (Å²) in [4.78, 5) is 24.1. The molecule has 1 saturated heterocycles. The van der Waals surface area contributed by atoms with E-state index >= 15 is 0 Å². The van der Waals surface area contributed by atoms with Crippen LogP contribution in [-0.2, 0) is 17.5 Å². The molecular weight excluding hydrogens is 473 g/mol. The molecule has 186 valence electrons. The zero-order chi connectivity index (χ0) is 25.3. The number of nitrogens with zero attached hydrogens (tertiary/aromatic N) is 5. The van der Waals surface area contributed by atoms with Gasteiger partial charge >= 0.3 is 6.18 Å². The Hall–Kier alpha value is -3.83. The summed E-state index contributed by atoms with van der Waals surface area (Å²) in [5.41, 5.74) is 1.05. The van der Waals surface area contributed by atoms with Crippen LogP contribution in [0.5, 0.6) is 0 Å². The number of alkyl halides is 3. The number of anilines is 1. The van der Waals surface area contributed by atoms with Gasteiger partial charge in [0.05, 0.1) is 36.4 Å². The number of pyridine rings is 1. The van der Waals surface area contributed by atoms with E-state index in [9.17, 15) is 18.0 Å². The van der Waals surface area contributed by atoms with Crippen molar-refractivity contribution in [2.24, 2.45) is 0 Å². The molecule has 0 saturated carbocycles. The van der Waals surface area contributed by atoms with Crippen LogP contribution in [0.25, 0.3) is 16.9 Å². The number of ether oxygens (including phenoxy) is 1. The Morgan fingerprint density at radius 1 is 1.11 bits per heavy atom. The van der Waals surface area contributed by atoms with E-state index < -0.39 is 17.6 Å². The lowest BCUT2D eigenvalue weighted by atomic mass is 10.0. The number of benzene rings is 1. The Labute approximate surface area is 204 Å². The van der Waals surface area contributed by atoms with E-state index in [0.717, 1.165) is 24.8 Å². The topological polar surface area (TPSA) is 84.7 Å². The van der Waals surface area contributed by atoms with Crippen LogP contribution in [0.2, 0.25) is 0 Å². The van der Waals surface area contributed by atoms with Crippen molar-refractivity contribution in [2.45, 2.75) is 19.6 Å². The van der Waals surface area contributed by atoms with Crippen molar-refractivity contribution in [3.8, 4) is 11.3 Å². The molecule has 3 aromatic heterocycles. The Morgan fingerprint density at radius 3 is 2.67 bits per heavy atom. The second kappa shape index (κ2) is 9.67. The van der Waals surface area contributed by atoms with Gasteiger partial charge in [0.2, 0.25) is 0 Å². The van der Waals surface area contributed by atoms with Gasteiger partial charge in [0.25, 0.3) is 5.91 Å². The number of hydrogen-bond donors (Lipinski definition) is 1. The van der Waals surface area contributed by atoms with Gasteiger partial charge in [0.15, 0.2) is 11.3 Å². The SMILES string of the molecule is Cc1cc(-c2ccccc2C(F)(F)F)nn2c(C(=O)Nc3cccc(CN4CCOCC4)n3)cnc12. The summed E-state index contributed by atoms with van der Waals surface area (Å²) >= 11 is 0. The van der Waals surface area contributed by atoms with Crippen LogP contribution in [0, 0.1) is 6.92 Å². The summed E-state index contributed by atoms with van der Waals surface area (Å²) in [6, 6.07) is 12.1. The summed E-state index contributed by atoms with van der Waals surface area (Å²) in [5.74, 6) is -0.164. The summed E-state index contributed by atoms with van der Waals surface area (Å²) in [6.45, 7) is 5.31. The van der Waals surface area contributed by atoms with E-state index in [2.05, 4.69) is 25.3 Å². The number of rotatable bonds is 5. The summed E-state index contributed by atoms with van der Waals surface area (Å²) in [6.07, 6.45) is -3.20. The normalized spacial score (nSPS) is 14.8. The zero-order valence-corrected chi connectivity index (χ0v) is 19.4. The van der Waals surface area contributed by atoms with E-state index in [-0.39, 0.29) is 17.0 Å². The highest BCUT2D eigenvalue weighted by molar-refractivity contribution is 6.03. The highest BCUT2D eigenvalue weighted by Crippen LogP contribution is 2.36. The van der Waals surface area contributed by atoms with Gasteiger partial charge < -0.3 is 10.1 Å². The Kier molecular flexibility index (Phi) is 6.42. The summed E-state index contributed by atoms with van der Waals surface area (Å²) in [7, 11) is 0. The highest BCUT2D eigenvalue weighted by atomic mass is 19.4. The van der Waals surface area contributed by atoms with Crippen LogP contribution in [0.1, 0.15) is 27.3 Å². The number of aromatic nitrogens is 4. The molecule has 0 atom stereocenters. The fourth-order valence-corrected chi connectivity index (χ4v) is 4.17. The van der Waals surface area contributed by atoms with Crippen molar-refractivity contribution >= 4 is 17.4 Å². The van der Waals surface area contributed by atoms with Crippen molar-refractivity contribution in [2.75, 3.05) is 31.6 Å². The maximum absolute atomic E-state index is 13.6. The average Bonchev–Trinajstić information content (AvgIpc) is 3.29. The van der Waals surface area contributed by atoms with Gasteiger partial charge in [-0.25, -0.2) is 14.5 Å². The Morgan fingerprint density at radius 2 is 1.89 bits per heavy atom. The third-order valence-corrected chi connectivity index (χ3v) is 5.93. The van der Waals surface area contributed by atoms with Crippen molar-refractivity contribution in [3.63, 3.8) is 0 Å². The largest absolute Gasteiger partial charge is 0.417 e. The Bertz CT molecular complexity index is 1410. The van der Waals surface area contributed by atoms with Crippen molar-refractivity contribution in [1.29, 1.82) is 0 Å². The lowest BCUT2D eigenvalue weighted by Crippen LogP contribution is -2.35. The third-order valence-electron chi connectivity index (χ3n) is 5.93. The smallest absolute Gasteiger partial charge is 0.379 e. The van der Waals surface area contributed by atoms with Gasteiger partial charge in [0.1, 0.15) is 5.82 Å². The van der Waals surface area contributed by atoms with Crippen LogP contribution < -0.4 is 5.32 Å². The fraction of sp³-hybridized carbons (Fsp3) is 0.280. The van der Waals surface area contributed by atoms with Gasteiger partial charge in [-0.15, -0.1) is 0 Å². The zero-order valence-electron chi connectivity index (χ0n) is 19.4. The van der Waals surface area contributed by atoms with Gasteiger partial charge in [0, 0.05) is 25.2 Å². The first-order valence-electron chi connectivity index (χ1n) is 11.4. The van der Waals surface area contributed by atoms with Crippen LogP contribution in [-0.4, -0.2) is 56.7 Å². The number of amides is 1. The molecule has 0 radical (unpaired) electrons. The minimum absolute atomic E-state index is 0.0764. The molecule has 1 aliphatic heterocycles. The molecule has 4 heterocycles. The van der Waals surface area contributed by atoms with E-state index in [1.54, 1.807) is 13.0 Å². The molecule has 0 spiro atoms. The lowest BCUT2D eigenvalue weighted by Gasteiger charge is -2.26. The molecule has 11 heteroatoms. The number of imidazole rings is 1. The van der Waals surface area contributed by atoms with E-state index in [1.807, 2.05) is 12.1 Å². The molecule has 1 N–H and O–H groups in total. The molecule has 4 aromatic rings. The number of hydrogen-bond acceptors (Lipinski definition) is 6. The van der Waals surface area contributed by atoms with Crippen LogP contribution >= 0.6 is 0 Å². The van der Waals surface area contributed by atoms with E-state index in [0.29, 0.717) is 36.8 Å². The van der Waals surface area contributed by atoms with Gasteiger partial charge in [-0.3, -0.25) is 9.69 Å². The van der Waals surface area contributed by atoms with Crippen LogP contribution in [0.3, 0.4) is 0 Å². The first kappa shape index (κ1) is 23.9. The fourth-order valence-electron chi connectivity index (χ4n) is 4.17. The number of carbonyl (C=O) groups excluding carboxylic acids is 1. The minimum atomic E-state index is -4.55. The first-order chi connectivity index (χ1) is 17.3. The van der Waals surface area contributed by atoms with Crippen LogP contribution in [0.15, 0.2) is 54.7 Å². The number of halogens is 3. The molecule has 1 fully saturated rings. The minimum Gasteiger partial charge on any atom is -0.379 e. The van der Waals surface area contributed by atoms with Crippen molar-refractivity contribution < 1.29 is 22.7 Å². The number of morpholine rings is 1. The standard InChI is InChI=1S/C25H23F3N6O2/c1-16-13-20(18-6-2-3-7-19(18)25(26,27)28)32-34-21(14-29-23(16)34)24(35)31-22-8-4-5-17(30-22)15-33-9-11-36-12-10-33/h2-8,13-14H,9-12,15H2,1H3,(H,30,31,35). The maximum Gasteiger partial charge on any atom is 0.417 e. The molecule has 1 aliphatic rings. The maximum atomic E-state index is 13.6. The average molecular weight is 496 g/mol. The van der Waals surface area contributed by atoms with Gasteiger partial charge in [-0.05, 0) is 36.8 Å². The third kappa shape index (κ3) is 4.93. The predicted octanol–water partition coefficient (Wildman–Crippen LogP) is 4.20. The predicted molar refractivity (Wildman–Crippen MR) is 126 cm³/mol. The molecule has 5 rings (SSSR count). The van der Waals surface area contributed by atoms with Crippen LogP contribution in [0.4, 0.5) is 19.0 Å². The second-order valence-electron chi connectivity index (χ2n) is 8.49. The molecule has 1 amide bonds. The lowest BCUT2D eigenvalue weighted by molar-refractivity contribution is -0.137. The van der Waals surface area contributed by atoms with E-state index in [4.69, 9.17) is 4.74 Å². The van der Waals surface area contributed by atoms with Crippen molar-refractivity contribution in [1.82, 2.24) is 24.5 Å². The second-order valence-corrected chi connectivity index (χ2v) is 8.49. The van der Waals surface area contributed by atoms with E-state index in [1.165, 1.54) is 35.0 Å². The highest BCUT2D eigenvalue weighted by Gasteiger charge is 2.34. The molecular formula is C25H23F3N6O2. The first-order valence-corrected chi connectivity index (χ1v) is 11.4. The number of carbonyl (C=O) groups is 1. The van der Waals surface area contributed by atoms with Crippen molar-refractivity contribution in [3.05, 3.63) is 77.2 Å². The summed E-state index contributed by atoms with van der Waals surface area (Å²) < 4.78 is 47.4. The molecule has 1 aromatic carbocycles. The number of nitrogens with one attached hydrogen (secondary N) is 1. The molecule has 8 nitrogen and oxygen atoms in total. The number of fused-ring (bicyclic) bond motifs is 1. The number of aryl methyl sites for hydroxylation is 1. The van der Waals surface area contributed by atoms with Gasteiger partial charge in [-0.1, -0.05) is 24.3 Å². The quantitative estimate of drug-likeness (QED) is 0.446. The molecule has 0 aliphatic carbocycles. The Balaban J connectivity index is 1.44. The molecule has 0 unspecified atom stereocenters. The summed E-state index contributed by atoms with van der Waals surface area (Å²) in [5, 5.41) is 7.11. The monoisotopic (exact) mass is 496 g/mol.